The van der Waals surface area contributed by atoms with Crippen LogP contribution in [0.15, 0.2) is 23.4 Å². The standard InChI is InChI=1S/C28H46N2O2/c1-17(2)16-25(31)29-24-13-15-28(5)22-12-14-27(4)20(18(3)30(6)7)10-11-21(27)19(22)8-9-23(28)26(24)32/h13,16,18-23,26,32H,8-12,14-15H2,1-7H3,(H,29,31)/t18-,19-,20+,21-,22-,23-,26+,27+,28+/m0/s1. The normalized spacial score (nSPS) is 44.1. The highest BCUT2D eigenvalue weighted by molar-refractivity contribution is 5.89. The molecule has 0 bridgehead atoms. The van der Waals surface area contributed by atoms with Gasteiger partial charge >= 0.3 is 0 Å². The smallest absolute Gasteiger partial charge is 0.248 e. The minimum atomic E-state index is -0.553. The van der Waals surface area contributed by atoms with Gasteiger partial charge in [0.2, 0.25) is 5.91 Å². The molecule has 180 valence electrons. The van der Waals surface area contributed by atoms with Crippen LogP contribution in [0, 0.1) is 40.4 Å². The number of hydrogen-bond acceptors (Lipinski definition) is 3. The van der Waals surface area contributed by atoms with Gasteiger partial charge in [0, 0.05) is 17.8 Å². The Morgan fingerprint density at radius 1 is 1.09 bits per heavy atom. The lowest BCUT2D eigenvalue weighted by atomic mass is 9.44. The van der Waals surface area contributed by atoms with Crippen LogP contribution in [0.2, 0.25) is 0 Å². The number of carbonyl (C=O) groups excluding carboxylic acids is 1. The van der Waals surface area contributed by atoms with E-state index in [0.717, 1.165) is 41.9 Å². The fraction of sp³-hybridized carbons (Fsp3) is 0.821. The summed E-state index contributed by atoms with van der Waals surface area (Å²) < 4.78 is 0. The van der Waals surface area contributed by atoms with E-state index in [1.54, 1.807) is 6.08 Å². The molecule has 1 amide bonds. The second kappa shape index (κ2) is 8.58. The molecule has 0 aromatic carbocycles. The molecular formula is C28H46N2O2. The Morgan fingerprint density at radius 2 is 1.75 bits per heavy atom. The fourth-order valence-electron chi connectivity index (χ4n) is 8.73. The number of amides is 1. The molecular weight excluding hydrogens is 396 g/mol. The van der Waals surface area contributed by atoms with E-state index in [-0.39, 0.29) is 17.2 Å². The maximum atomic E-state index is 12.3. The van der Waals surface area contributed by atoms with Gasteiger partial charge in [-0.25, -0.2) is 0 Å². The molecule has 0 spiro atoms. The summed E-state index contributed by atoms with van der Waals surface area (Å²) in [5.41, 5.74) is 2.30. The van der Waals surface area contributed by atoms with Crippen LogP contribution in [0.3, 0.4) is 0 Å². The largest absolute Gasteiger partial charge is 0.387 e. The van der Waals surface area contributed by atoms with Gasteiger partial charge in [-0.1, -0.05) is 25.5 Å². The van der Waals surface area contributed by atoms with Gasteiger partial charge in [-0.05, 0) is 120 Å². The highest BCUT2D eigenvalue weighted by Crippen LogP contribution is 2.67. The van der Waals surface area contributed by atoms with Gasteiger partial charge in [0.05, 0.1) is 6.10 Å². The average molecular weight is 443 g/mol. The van der Waals surface area contributed by atoms with Gasteiger partial charge < -0.3 is 15.3 Å². The summed E-state index contributed by atoms with van der Waals surface area (Å²) in [6, 6.07) is 0.639. The van der Waals surface area contributed by atoms with Crippen molar-refractivity contribution in [2.75, 3.05) is 14.1 Å². The zero-order chi connectivity index (χ0) is 23.4. The van der Waals surface area contributed by atoms with E-state index in [1.165, 1.54) is 32.1 Å². The number of hydrogen-bond donors (Lipinski definition) is 2. The first-order valence-corrected chi connectivity index (χ1v) is 13.0. The van der Waals surface area contributed by atoms with Crippen molar-refractivity contribution in [1.82, 2.24) is 10.2 Å². The second-order valence-corrected chi connectivity index (χ2v) is 12.5. The van der Waals surface area contributed by atoms with Crippen molar-refractivity contribution < 1.29 is 9.90 Å². The zero-order valence-electron chi connectivity index (χ0n) is 21.4. The lowest BCUT2D eigenvalue weighted by Gasteiger charge is -2.61. The number of aliphatic hydroxyl groups excluding tert-OH is 1. The van der Waals surface area contributed by atoms with Crippen LogP contribution in [0.1, 0.15) is 79.6 Å². The van der Waals surface area contributed by atoms with E-state index < -0.39 is 6.10 Å². The topological polar surface area (TPSA) is 52.6 Å². The molecule has 0 radical (unpaired) electrons. The number of allylic oxidation sites excluding steroid dienone is 2. The first kappa shape index (κ1) is 24.0. The highest BCUT2D eigenvalue weighted by Gasteiger charge is 2.61. The first-order chi connectivity index (χ1) is 15.0. The number of nitrogens with one attached hydrogen (secondary N) is 1. The first-order valence-electron chi connectivity index (χ1n) is 13.0. The van der Waals surface area contributed by atoms with Gasteiger partial charge in [0.25, 0.3) is 0 Å². The zero-order valence-corrected chi connectivity index (χ0v) is 21.4. The van der Waals surface area contributed by atoms with Crippen LogP contribution in [-0.2, 0) is 4.79 Å². The van der Waals surface area contributed by atoms with E-state index in [2.05, 4.69) is 51.2 Å². The maximum Gasteiger partial charge on any atom is 0.248 e. The summed E-state index contributed by atoms with van der Waals surface area (Å²) in [6.45, 7) is 11.3. The number of fused-ring (bicyclic) bond motifs is 5. The maximum absolute atomic E-state index is 12.3. The van der Waals surface area contributed by atoms with E-state index >= 15 is 0 Å². The molecule has 3 fully saturated rings. The minimum absolute atomic E-state index is 0.118. The molecule has 0 unspecified atom stereocenters. The van der Waals surface area contributed by atoms with Crippen molar-refractivity contribution in [2.45, 2.75) is 91.7 Å². The highest BCUT2D eigenvalue weighted by atomic mass is 16.3. The second-order valence-electron chi connectivity index (χ2n) is 12.5. The van der Waals surface area contributed by atoms with Crippen LogP contribution in [0.25, 0.3) is 0 Å². The molecule has 0 aromatic heterocycles. The number of rotatable bonds is 4. The Kier molecular flexibility index (Phi) is 6.44. The van der Waals surface area contributed by atoms with Crippen LogP contribution in [-0.4, -0.2) is 42.2 Å². The molecule has 0 heterocycles. The van der Waals surface area contributed by atoms with Crippen molar-refractivity contribution in [3.63, 3.8) is 0 Å². The Balaban J connectivity index is 1.55. The van der Waals surface area contributed by atoms with Crippen LogP contribution >= 0.6 is 0 Å². The third-order valence-electron chi connectivity index (χ3n) is 10.6. The third kappa shape index (κ3) is 3.79. The third-order valence-corrected chi connectivity index (χ3v) is 10.6. The predicted molar refractivity (Wildman–Crippen MR) is 131 cm³/mol. The van der Waals surface area contributed by atoms with E-state index in [4.69, 9.17) is 0 Å². The van der Waals surface area contributed by atoms with Gasteiger partial charge in [-0.2, -0.15) is 0 Å². The SMILES string of the molecule is CC(C)=CC(=O)NC1=CC[C@]2(C)[C@H]3CC[C@]4(C)[C@@H]([C@H](C)N(C)C)CC[C@H]4[C@@H]3CC[C@H]2[C@H]1O. The van der Waals surface area contributed by atoms with E-state index in [0.29, 0.717) is 17.4 Å². The number of nitrogens with zero attached hydrogens (tertiary/aromatic N) is 1. The van der Waals surface area contributed by atoms with Crippen molar-refractivity contribution in [3.8, 4) is 0 Å². The molecule has 3 saturated carbocycles. The summed E-state index contributed by atoms with van der Waals surface area (Å²) in [5.74, 6) is 3.23. The Labute approximate surface area is 195 Å². The molecule has 4 rings (SSSR count). The van der Waals surface area contributed by atoms with E-state index in [1.807, 2.05) is 13.8 Å². The fourth-order valence-corrected chi connectivity index (χ4v) is 8.73. The summed E-state index contributed by atoms with van der Waals surface area (Å²) in [5, 5.41) is 14.3. The van der Waals surface area contributed by atoms with Crippen LogP contribution < -0.4 is 5.32 Å². The summed E-state index contributed by atoms with van der Waals surface area (Å²) >= 11 is 0. The summed E-state index contributed by atoms with van der Waals surface area (Å²) in [6.07, 6.45) is 11.9. The van der Waals surface area contributed by atoms with Crippen LogP contribution in [0.4, 0.5) is 0 Å². The molecule has 4 aliphatic rings. The minimum Gasteiger partial charge on any atom is -0.387 e. The van der Waals surface area contributed by atoms with Crippen LogP contribution in [0.5, 0.6) is 0 Å². The lowest BCUT2D eigenvalue weighted by molar-refractivity contribution is -0.128. The van der Waals surface area contributed by atoms with Gasteiger partial charge in [-0.3, -0.25) is 4.79 Å². The van der Waals surface area contributed by atoms with Crippen molar-refractivity contribution in [1.29, 1.82) is 0 Å². The van der Waals surface area contributed by atoms with E-state index in [9.17, 15) is 9.90 Å². The molecule has 4 heteroatoms. The molecule has 4 nitrogen and oxygen atoms in total. The summed E-state index contributed by atoms with van der Waals surface area (Å²) in [4.78, 5) is 14.7. The summed E-state index contributed by atoms with van der Waals surface area (Å²) in [7, 11) is 4.48. The van der Waals surface area contributed by atoms with Crippen molar-refractivity contribution >= 4 is 5.91 Å². The number of aliphatic hydroxyl groups is 1. The Morgan fingerprint density at radius 3 is 2.41 bits per heavy atom. The van der Waals surface area contributed by atoms with Crippen molar-refractivity contribution in [2.24, 2.45) is 40.4 Å². The van der Waals surface area contributed by atoms with Crippen molar-refractivity contribution in [3.05, 3.63) is 23.4 Å². The van der Waals surface area contributed by atoms with Gasteiger partial charge in [0.15, 0.2) is 0 Å². The number of carbonyl (C=O) groups is 1. The average Bonchev–Trinajstić information content (AvgIpc) is 3.06. The molecule has 32 heavy (non-hydrogen) atoms. The molecule has 0 saturated heterocycles. The monoisotopic (exact) mass is 442 g/mol. The molecule has 9 atom stereocenters. The Hall–Kier alpha value is -1.13. The lowest BCUT2D eigenvalue weighted by Crippen LogP contribution is -2.57. The van der Waals surface area contributed by atoms with Gasteiger partial charge in [0.1, 0.15) is 0 Å². The van der Waals surface area contributed by atoms with Gasteiger partial charge in [-0.15, -0.1) is 0 Å². The molecule has 0 aromatic rings. The molecule has 0 aliphatic heterocycles. The molecule has 2 N–H and O–H groups in total. The molecule has 4 aliphatic carbocycles. The predicted octanol–water partition coefficient (Wildman–Crippen LogP) is 5.14. The Bertz CT molecular complexity index is 797. The quantitative estimate of drug-likeness (QED) is 0.593.